The van der Waals surface area contributed by atoms with E-state index in [-0.39, 0.29) is 5.75 Å². The van der Waals surface area contributed by atoms with E-state index in [2.05, 4.69) is 0 Å². The van der Waals surface area contributed by atoms with Gasteiger partial charge in [-0.15, -0.1) is 0 Å². The molecule has 416 valence electrons. The number of rotatable bonds is 15. The zero-order chi connectivity index (χ0) is 58.5. The predicted octanol–water partition coefficient (Wildman–Crippen LogP) is 10.0. The summed E-state index contributed by atoms with van der Waals surface area (Å²) in [6.07, 6.45) is 0. The van der Waals surface area contributed by atoms with Crippen molar-refractivity contribution >= 4 is 0 Å². The second kappa shape index (κ2) is 20.6. The summed E-state index contributed by atoms with van der Waals surface area (Å²) in [5.41, 5.74) is -1.04. The lowest BCUT2D eigenvalue weighted by Crippen LogP contribution is -1.95. The van der Waals surface area contributed by atoms with Gasteiger partial charge in [0.15, 0.2) is 92.0 Å². The van der Waals surface area contributed by atoms with Crippen molar-refractivity contribution in [2.45, 2.75) is 0 Å². The third-order valence-corrected chi connectivity index (χ3v) is 11.1. The van der Waals surface area contributed by atoms with Crippen molar-refractivity contribution in [2.24, 2.45) is 0 Å². The second-order valence-corrected chi connectivity index (χ2v) is 17.0. The second-order valence-electron chi connectivity index (χ2n) is 17.0. The van der Waals surface area contributed by atoms with Crippen molar-refractivity contribution in [1.82, 2.24) is 0 Å². The molecule has 0 bridgehead atoms. The summed E-state index contributed by atoms with van der Waals surface area (Å²) < 4.78 is 39.4. The molecule has 27 heteroatoms. The van der Waals surface area contributed by atoms with E-state index in [9.17, 15) is 102 Å². The average Bonchev–Trinajstić information content (AvgIpc) is 3.47. The fourth-order valence-corrected chi connectivity index (χ4v) is 7.65. The Bertz CT molecular complexity index is 3920. The summed E-state index contributed by atoms with van der Waals surface area (Å²) in [5, 5.41) is 211. The van der Waals surface area contributed by atoms with Crippen LogP contribution in [0.1, 0.15) is 0 Å². The Kier molecular flexibility index (Phi) is 13.6. The van der Waals surface area contributed by atoms with E-state index < -0.39 is 201 Å². The first kappa shape index (κ1) is 53.4. The molecule has 9 rings (SSSR count). The van der Waals surface area contributed by atoms with Crippen LogP contribution in [0.15, 0.2) is 109 Å². The van der Waals surface area contributed by atoms with Crippen LogP contribution in [0.2, 0.25) is 0 Å². The first-order chi connectivity index (χ1) is 38.3. The molecule has 0 atom stereocenters. The lowest BCUT2D eigenvalue weighted by molar-refractivity contribution is 0.333. The molecule has 0 aliphatic heterocycles. The molecule has 0 aliphatic rings. The molecular formula is C54H38O27. The maximum Gasteiger partial charge on any atom is 0.211 e. The number of aromatic hydroxyl groups is 20. The van der Waals surface area contributed by atoms with Crippen LogP contribution < -0.4 is 33.2 Å². The van der Waals surface area contributed by atoms with E-state index in [0.29, 0.717) is 12.1 Å². The molecule has 0 heterocycles. The van der Waals surface area contributed by atoms with Gasteiger partial charge in [-0.1, -0.05) is 0 Å². The third-order valence-electron chi connectivity index (χ3n) is 11.1. The van der Waals surface area contributed by atoms with Gasteiger partial charge in [0, 0.05) is 109 Å². The largest absolute Gasteiger partial charge is 0.508 e. The highest BCUT2D eigenvalue weighted by molar-refractivity contribution is 5.86. The highest BCUT2D eigenvalue weighted by Crippen LogP contribution is 2.57. The number of hydrogen-bond acceptors (Lipinski definition) is 27. The van der Waals surface area contributed by atoms with Gasteiger partial charge in [0.05, 0.1) is 5.56 Å². The topological polar surface area (TPSA) is 469 Å². The van der Waals surface area contributed by atoms with Crippen molar-refractivity contribution in [3.63, 3.8) is 0 Å². The number of ether oxygens (including phenoxy) is 7. The van der Waals surface area contributed by atoms with Gasteiger partial charge in [0.25, 0.3) is 0 Å². The molecule has 0 aliphatic carbocycles. The first-order valence-electron chi connectivity index (χ1n) is 22.5. The van der Waals surface area contributed by atoms with Crippen molar-refractivity contribution in [3.05, 3.63) is 109 Å². The molecule has 9 aromatic carbocycles. The van der Waals surface area contributed by atoms with E-state index in [1.807, 2.05) is 0 Å². The van der Waals surface area contributed by atoms with Crippen molar-refractivity contribution in [2.75, 3.05) is 0 Å². The van der Waals surface area contributed by atoms with E-state index in [0.717, 1.165) is 97.1 Å². The summed E-state index contributed by atoms with van der Waals surface area (Å²) in [6.45, 7) is 0. The average molecular weight is 1120 g/mol. The zero-order valence-electron chi connectivity index (χ0n) is 40.2. The Morgan fingerprint density at radius 2 is 0.457 bits per heavy atom. The number of hydrogen-bond donors (Lipinski definition) is 20. The predicted molar refractivity (Wildman–Crippen MR) is 271 cm³/mol. The molecule has 0 amide bonds. The molecule has 0 aromatic heterocycles. The highest BCUT2D eigenvalue weighted by Gasteiger charge is 2.28. The van der Waals surface area contributed by atoms with Crippen LogP contribution in [0, 0.1) is 0 Å². The monoisotopic (exact) mass is 1120 g/mol. The Morgan fingerprint density at radius 1 is 0.185 bits per heavy atom. The van der Waals surface area contributed by atoms with Crippen LogP contribution in [-0.2, 0) is 0 Å². The third kappa shape index (κ3) is 10.9. The molecule has 0 fully saturated rings. The maximum atomic E-state index is 11.1. The molecule has 81 heavy (non-hydrogen) atoms. The lowest BCUT2D eigenvalue weighted by Gasteiger charge is -2.19. The minimum atomic E-state index is -1.04. The van der Waals surface area contributed by atoms with E-state index in [4.69, 9.17) is 33.2 Å². The quantitative estimate of drug-likeness (QED) is 0.0335. The van der Waals surface area contributed by atoms with Crippen molar-refractivity contribution < 1.29 is 135 Å². The molecule has 0 saturated carbocycles. The Morgan fingerprint density at radius 3 is 0.815 bits per heavy atom. The van der Waals surface area contributed by atoms with Crippen LogP contribution in [0.25, 0.3) is 11.1 Å². The minimum Gasteiger partial charge on any atom is -0.508 e. The van der Waals surface area contributed by atoms with Gasteiger partial charge in [-0.2, -0.15) is 0 Å². The lowest BCUT2D eigenvalue weighted by atomic mass is 10.0. The van der Waals surface area contributed by atoms with Crippen LogP contribution in [0.4, 0.5) is 0 Å². The Balaban J connectivity index is 0.948. The van der Waals surface area contributed by atoms with Gasteiger partial charge in [-0.25, -0.2) is 0 Å². The maximum absolute atomic E-state index is 11.1. The van der Waals surface area contributed by atoms with Gasteiger partial charge >= 0.3 is 0 Å². The smallest absolute Gasteiger partial charge is 0.211 e. The van der Waals surface area contributed by atoms with Gasteiger partial charge in [0.2, 0.25) is 40.2 Å². The van der Waals surface area contributed by atoms with E-state index >= 15 is 0 Å². The standard InChI is InChI=1S/C54H38O27/c55-19-1-20(56)3-24(2-19)75-51-33(64)4-21(57)7-43(51)79-48-36(67)10-25(11-37(48)68)76-52-34(65)5-22(58)8-44(52)80-49-38(69)12-26(13-39(49)70)77-53-35(66)6-23(59)9-45(53)81-50-40(71)14-27(15-41(50)72)78-54-42(73)18-32(63)46(47(54)74)28-16-30(61)31(62)17-29(28)60/h1-18,55-74H. The van der Waals surface area contributed by atoms with Crippen LogP contribution in [0.3, 0.4) is 0 Å². The summed E-state index contributed by atoms with van der Waals surface area (Å²) in [4.78, 5) is 0. The van der Waals surface area contributed by atoms with Gasteiger partial charge in [0.1, 0.15) is 63.2 Å². The van der Waals surface area contributed by atoms with Crippen molar-refractivity contribution in [1.29, 1.82) is 0 Å². The molecule has 0 radical (unpaired) electrons. The van der Waals surface area contributed by atoms with Gasteiger partial charge in [-0.05, 0) is 6.07 Å². The van der Waals surface area contributed by atoms with E-state index in [1.165, 1.54) is 0 Å². The number of phenolic OH excluding ortho intramolecular Hbond substituents is 20. The molecule has 0 spiro atoms. The van der Waals surface area contributed by atoms with Gasteiger partial charge in [-0.3, -0.25) is 0 Å². The Labute approximate surface area is 450 Å². The van der Waals surface area contributed by atoms with Gasteiger partial charge < -0.3 is 135 Å². The minimum absolute atomic E-state index is 0.219. The molecule has 20 N–H and O–H groups in total. The van der Waals surface area contributed by atoms with Crippen LogP contribution >= 0.6 is 0 Å². The summed E-state index contributed by atoms with van der Waals surface area (Å²) in [6, 6.07) is 15.0. The summed E-state index contributed by atoms with van der Waals surface area (Å²) >= 11 is 0. The fourth-order valence-electron chi connectivity index (χ4n) is 7.65. The normalized spacial score (nSPS) is 11.0. The molecule has 0 unspecified atom stereocenters. The highest BCUT2D eigenvalue weighted by atomic mass is 16.6. The molecule has 0 saturated heterocycles. The molecule has 9 aromatic rings. The summed E-state index contributed by atoms with van der Waals surface area (Å²) in [7, 11) is 0. The number of benzene rings is 9. The number of phenols is 20. The molecule has 27 nitrogen and oxygen atoms in total. The SMILES string of the molecule is Oc1cc(O)cc(Oc2c(O)cc(O)cc2Oc2c(O)cc(Oc3c(O)cc(O)cc3Oc3c(O)cc(Oc4c(O)cc(O)cc4Oc4c(O)cc(Oc5c(O)cc(O)c(-c6cc(O)c(O)cc6O)c5O)cc4O)cc3O)cc2O)c1. The van der Waals surface area contributed by atoms with Crippen LogP contribution in [0.5, 0.6) is 195 Å². The first-order valence-corrected chi connectivity index (χ1v) is 22.5. The van der Waals surface area contributed by atoms with Crippen molar-refractivity contribution in [3.8, 4) is 207 Å². The van der Waals surface area contributed by atoms with Crippen LogP contribution in [-0.4, -0.2) is 102 Å². The Hall–Kier alpha value is -12.4. The molecular weight excluding hydrogens is 1080 g/mol. The zero-order valence-corrected chi connectivity index (χ0v) is 40.2. The van der Waals surface area contributed by atoms with E-state index in [1.54, 1.807) is 0 Å². The summed E-state index contributed by atoms with van der Waals surface area (Å²) in [5.74, 6) is -24.3. The fraction of sp³-hybridized carbons (Fsp3) is 0.